The predicted octanol–water partition coefficient (Wildman–Crippen LogP) is 2.53. The summed E-state index contributed by atoms with van der Waals surface area (Å²) in [4.78, 5) is 23.3. The molecule has 3 rings (SSSR count). The number of ether oxygens (including phenoxy) is 1. The average Bonchev–Trinajstić information content (AvgIpc) is 2.94. The third kappa shape index (κ3) is 3.55. The Bertz CT molecular complexity index is 980. The number of carbonyl (C=O) groups is 1. The van der Waals surface area contributed by atoms with Crippen LogP contribution in [0.5, 0.6) is 0 Å². The van der Waals surface area contributed by atoms with Crippen LogP contribution in [0.1, 0.15) is 28.5 Å². The molecular weight excluding hydrogens is 344 g/mol. The van der Waals surface area contributed by atoms with Crippen molar-refractivity contribution >= 4 is 28.5 Å². The summed E-state index contributed by atoms with van der Waals surface area (Å²) in [5, 5.41) is 8.66. The maximum Gasteiger partial charge on any atom is 0.341 e. The van der Waals surface area contributed by atoms with E-state index in [0.29, 0.717) is 30.0 Å². The highest BCUT2D eigenvalue weighted by Crippen LogP contribution is 2.30. The van der Waals surface area contributed by atoms with E-state index >= 15 is 0 Å². The highest BCUT2D eigenvalue weighted by molar-refractivity contribution is 6.05. The van der Waals surface area contributed by atoms with Crippen LogP contribution in [-0.2, 0) is 18.3 Å². The van der Waals surface area contributed by atoms with Gasteiger partial charge in [-0.25, -0.2) is 14.8 Å². The highest BCUT2D eigenvalue weighted by atomic mass is 16.5. The molecule has 0 spiro atoms. The predicted molar refractivity (Wildman–Crippen MR) is 105 cm³/mol. The van der Waals surface area contributed by atoms with Crippen molar-refractivity contribution in [2.45, 2.75) is 20.4 Å². The zero-order chi connectivity index (χ0) is 19.6. The van der Waals surface area contributed by atoms with Crippen molar-refractivity contribution in [2.24, 2.45) is 7.05 Å². The van der Waals surface area contributed by atoms with Crippen LogP contribution in [0.25, 0.3) is 11.0 Å². The number of nitrogens with one attached hydrogen (secondary N) is 1. The van der Waals surface area contributed by atoms with E-state index in [9.17, 15) is 4.79 Å². The lowest BCUT2D eigenvalue weighted by atomic mass is 10.1. The Morgan fingerprint density at radius 3 is 2.81 bits per heavy atom. The summed E-state index contributed by atoms with van der Waals surface area (Å²) >= 11 is 0. The molecule has 0 aliphatic rings. The first-order chi connectivity index (χ1) is 12.9. The molecule has 3 heterocycles. The van der Waals surface area contributed by atoms with Gasteiger partial charge in [0.2, 0.25) is 0 Å². The van der Waals surface area contributed by atoms with Gasteiger partial charge >= 0.3 is 5.97 Å². The molecule has 0 saturated carbocycles. The van der Waals surface area contributed by atoms with Gasteiger partial charge in [0.15, 0.2) is 5.65 Å². The monoisotopic (exact) mass is 368 g/mol. The van der Waals surface area contributed by atoms with Crippen molar-refractivity contribution in [3.8, 4) is 0 Å². The first-order valence-corrected chi connectivity index (χ1v) is 8.78. The van der Waals surface area contributed by atoms with Gasteiger partial charge in [0, 0.05) is 45.6 Å². The number of anilines is 2. The SMILES string of the molecule is CCOC(=O)c1cnc2c(c(C)nn2C)c1NCc1cccnc1N(C)C. The van der Waals surface area contributed by atoms with Crippen LogP contribution in [-0.4, -0.2) is 46.4 Å². The number of nitrogens with zero attached hydrogens (tertiary/aromatic N) is 5. The fraction of sp³-hybridized carbons (Fsp3) is 0.368. The van der Waals surface area contributed by atoms with Gasteiger partial charge in [-0.15, -0.1) is 0 Å². The van der Waals surface area contributed by atoms with Gasteiger partial charge in [0.25, 0.3) is 0 Å². The molecule has 0 aliphatic carbocycles. The van der Waals surface area contributed by atoms with Crippen LogP contribution in [0.15, 0.2) is 24.5 Å². The Hall–Kier alpha value is -3.16. The lowest BCUT2D eigenvalue weighted by Crippen LogP contribution is -2.16. The molecular formula is C19H24N6O2. The van der Waals surface area contributed by atoms with Crippen molar-refractivity contribution in [3.63, 3.8) is 0 Å². The van der Waals surface area contributed by atoms with E-state index in [1.165, 1.54) is 0 Å². The molecule has 0 bridgehead atoms. The van der Waals surface area contributed by atoms with Crippen molar-refractivity contribution < 1.29 is 9.53 Å². The number of rotatable bonds is 6. The summed E-state index contributed by atoms with van der Waals surface area (Å²) < 4.78 is 6.92. The van der Waals surface area contributed by atoms with E-state index in [2.05, 4.69) is 20.4 Å². The molecule has 1 N–H and O–H groups in total. The average molecular weight is 368 g/mol. The number of esters is 1. The third-order valence-corrected chi connectivity index (χ3v) is 4.27. The topological polar surface area (TPSA) is 85.2 Å². The number of aromatic nitrogens is 4. The summed E-state index contributed by atoms with van der Waals surface area (Å²) in [5.41, 5.74) is 3.60. The van der Waals surface area contributed by atoms with E-state index < -0.39 is 5.97 Å². The van der Waals surface area contributed by atoms with E-state index in [0.717, 1.165) is 22.5 Å². The van der Waals surface area contributed by atoms with Crippen LogP contribution in [0.4, 0.5) is 11.5 Å². The lowest BCUT2D eigenvalue weighted by molar-refractivity contribution is 0.0527. The standard InChI is InChI=1S/C19H24N6O2/c1-6-27-19(26)14-11-22-18-15(12(2)23-25(18)5)16(14)21-10-13-8-7-9-20-17(13)24(3)4/h7-9,11H,6,10H2,1-5H3,(H,21,22). The largest absolute Gasteiger partial charge is 0.462 e. The van der Waals surface area contributed by atoms with Gasteiger partial charge in [0.1, 0.15) is 11.4 Å². The summed E-state index contributed by atoms with van der Waals surface area (Å²) in [6, 6.07) is 3.90. The second-order valence-electron chi connectivity index (χ2n) is 6.41. The maximum absolute atomic E-state index is 12.5. The fourth-order valence-electron chi connectivity index (χ4n) is 3.11. The van der Waals surface area contributed by atoms with Gasteiger partial charge in [-0.05, 0) is 19.9 Å². The summed E-state index contributed by atoms with van der Waals surface area (Å²) in [5.74, 6) is 0.465. The molecule has 3 aromatic rings. The van der Waals surface area contributed by atoms with E-state index in [1.807, 2.05) is 45.1 Å². The van der Waals surface area contributed by atoms with Crippen molar-refractivity contribution in [1.82, 2.24) is 19.7 Å². The molecule has 0 saturated heterocycles. The minimum Gasteiger partial charge on any atom is -0.462 e. The molecule has 0 radical (unpaired) electrons. The molecule has 8 heteroatoms. The number of pyridine rings is 2. The van der Waals surface area contributed by atoms with Crippen LogP contribution >= 0.6 is 0 Å². The van der Waals surface area contributed by atoms with Gasteiger partial charge in [-0.3, -0.25) is 4.68 Å². The van der Waals surface area contributed by atoms with Gasteiger partial charge in [-0.2, -0.15) is 5.10 Å². The summed E-state index contributed by atoms with van der Waals surface area (Å²) in [6.07, 6.45) is 3.30. The Labute approximate surface area is 158 Å². The first-order valence-electron chi connectivity index (χ1n) is 8.78. The van der Waals surface area contributed by atoms with Gasteiger partial charge in [0.05, 0.1) is 23.4 Å². The van der Waals surface area contributed by atoms with Crippen LogP contribution in [0.3, 0.4) is 0 Å². The van der Waals surface area contributed by atoms with Gasteiger partial charge < -0.3 is 15.0 Å². The molecule has 0 atom stereocenters. The number of hydrogen-bond donors (Lipinski definition) is 1. The molecule has 27 heavy (non-hydrogen) atoms. The van der Waals surface area contributed by atoms with E-state index in [1.54, 1.807) is 24.0 Å². The number of hydrogen-bond acceptors (Lipinski definition) is 7. The normalized spacial score (nSPS) is 10.9. The van der Waals surface area contributed by atoms with E-state index in [-0.39, 0.29) is 0 Å². The Balaban J connectivity index is 2.06. The fourth-order valence-corrected chi connectivity index (χ4v) is 3.11. The molecule has 3 aromatic heterocycles. The minimum atomic E-state index is -0.406. The third-order valence-electron chi connectivity index (χ3n) is 4.27. The number of carbonyl (C=O) groups excluding carboxylic acids is 1. The number of aryl methyl sites for hydroxylation is 2. The number of fused-ring (bicyclic) bond motifs is 1. The molecule has 8 nitrogen and oxygen atoms in total. The van der Waals surface area contributed by atoms with Crippen LogP contribution < -0.4 is 10.2 Å². The molecule has 0 aliphatic heterocycles. The second kappa shape index (κ2) is 7.61. The van der Waals surface area contributed by atoms with E-state index in [4.69, 9.17) is 4.74 Å². The Morgan fingerprint density at radius 1 is 1.33 bits per heavy atom. The second-order valence-corrected chi connectivity index (χ2v) is 6.41. The summed E-state index contributed by atoms with van der Waals surface area (Å²) in [7, 11) is 5.74. The Kier molecular flexibility index (Phi) is 5.25. The van der Waals surface area contributed by atoms with Crippen molar-refractivity contribution in [2.75, 3.05) is 30.9 Å². The highest BCUT2D eigenvalue weighted by Gasteiger charge is 2.21. The molecule has 0 unspecified atom stereocenters. The quantitative estimate of drug-likeness (QED) is 0.669. The first kappa shape index (κ1) is 18.6. The Morgan fingerprint density at radius 2 is 2.11 bits per heavy atom. The minimum absolute atomic E-state index is 0.301. The lowest BCUT2D eigenvalue weighted by Gasteiger charge is -2.18. The van der Waals surface area contributed by atoms with Crippen molar-refractivity contribution in [3.05, 3.63) is 41.3 Å². The van der Waals surface area contributed by atoms with Crippen LogP contribution in [0.2, 0.25) is 0 Å². The zero-order valence-electron chi connectivity index (χ0n) is 16.3. The molecule has 0 fully saturated rings. The zero-order valence-corrected chi connectivity index (χ0v) is 16.3. The molecule has 0 aromatic carbocycles. The van der Waals surface area contributed by atoms with Crippen LogP contribution in [0, 0.1) is 6.92 Å². The molecule has 0 amide bonds. The smallest absolute Gasteiger partial charge is 0.341 e. The van der Waals surface area contributed by atoms with Crippen molar-refractivity contribution in [1.29, 1.82) is 0 Å². The maximum atomic E-state index is 12.5. The summed E-state index contributed by atoms with van der Waals surface area (Å²) in [6.45, 7) is 4.49. The molecule has 142 valence electrons. The van der Waals surface area contributed by atoms with Gasteiger partial charge in [-0.1, -0.05) is 6.07 Å².